The maximum absolute atomic E-state index is 12.5. The van der Waals surface area contributed by atoms with Gasteiger partial charge in [0.25, 0.3) is 17.5 Å². The number of amides is 2. The largest absolute Gasteiger partial charge is 0.481 e. The number of hydrogen-bond donors (Lipinski definition) is 1. The highest BCUT2D eigenvalue weighted by molar-refractivity contribution is 6.25. The van der Waals surface area contributed by atoms with Crippen LogP contribution in [0.1, 0.15) is 27.1 Å². The zero-order valence-corrected chi connectivity index (χ0v) is 11.7. The summed E-state index contributed by atoms with van der Waals surface area (Å²) in [7, 11) is 0. The number of hydrogen-bond acceptors (Lipinski definition) is 5. The molecule has 0 saturated heterocycles. The molecule has 0 aliphatic carbocycles. The maximum Gasteiger partial charge on any atom is 0.305 e. The minimum atomic E-state index is -1.14. The molecule has 1 heterocycles. The number of non-ortho nitro benzene ring substituents is 1. The Bertz CT molecular complexity index is 889. The number of carboxylic acid groups (broad SMARTS) is 1. The van der Waals surface area contributed by atoms with Gasteiger partial charge in [0.15, 0.2) is 0 Å². The highest BCUT2D eigenvalue weighted by Gasteiger charge is 2.34. The molecule has 3 rings (SSSR count). The molecule has 8 nitrogen and oxygen atoms in total. The lowest BCUT2D eigenvalue weighted by atomic mass is 9.93. The third kappa shape index (κ3) is 2.30. The highest BCUT2D eigenvalue weighted by Crippen LogP contribution is 2.33. The number of aliphatic carboxylic acids is 1. The summed E-state index contributed by atoms with van der Waals surface area (Å²) in [5.41, 5.74) is 0.0118. The predicted molar refractivity (Wildman–Crippen MR) is 78.2 cm³/mol. The fourth-order valence-electron chi connectivity index (χ4n) is 2.66. The van der Waals surface area contributed by atoms with Crippen LogP contribution in [-0.4, -0.2) is 39.3 Å². The van der Waals surface area contributed by atoms with Crippen LogP contribution >= 0.6 is 0 Å². The first-order valence-electron chi connectivity index (χ1n) is 6.69. The van der Waals surface area contributed by atoms with Crippen molar-refractivity contribution >= 4 is 34.2 Å². The molecule has 0 bridgehead atoms. The SMILES string of the molecule is O=C(O)CCN1C(=O)c2cccc3cc([N+](=O)[O-])cc(c23)C1=O. The minimum absolute atomic E-state index is 0.0368. The first-order valence-corrected chi connectivity index (χ1v) is 6.69. The van der Waals surface area contributed by atoms with Crippen molar-refractivity contribution in [1.82, 2.24) is 4.90 Å². The predicted octanol–water partition coefficient (Wildman–Crippen LogP) is 1.82. The maximum atomic E-state index is 12.5. The number of nitrogens with zero attached hydrogens (tertiary/aromatic N) is 2. The molecule has 0 fully saturated rings. The minimum Gasteiger partial charge on any atom is -0.481 e. The lowest BCUT2D eigenvalue weighted by molar-refractivity contribution is -0.384. The molecule has 0 radical (unpaired) electrons. The molecule has 0 saturated carbocycles. The van der Waals surface area contributed by atoms with Crippen LogP contribution in [-0.2, 0) is 4.79 Å². The van der Waals surface area contributed by atoms with Gasteiger partial charge in [-0.3, -0.25) is 29.4 Å². The van der Waals surface area contributed by atoms with E-state index in [0.717, 1.165) is 11.0 Å². The Labute approximate surface area is 129 Å². The third-order valence-electron chi connectivity index (χ3n) is 3.67. The average molecular weight is 314 g/mol. The monoisotopic (exact) mass is 314 g/mol. The van der Waals surface area contributed by atoms with Crippen molar-refractivity contribution in [3.63, 3.8) is 0 Å². The smallest absolute Gasteiger partial charge is 0.305 e. The summed E-state index contributed by atoms with van der Waals surface area (Å²) in [6.45, 7) is -0.286. The zero-order chi connectivity index (χ0) is 16.7. The van der Waals surface area contributed by atoms with Crippen LogP contribution in [0.4, 0.5) is 5.69 Å². The van der Waals surface area contributed by atoms with Crippen LogP contribution in [0.5, 0.6) is 0 Å². The first kappa shape index (κ1) is 14.6. The molecule has 8 heteroatoms. The van der Waals surface area contributed by atoms with Gasteiger partial charge in [-0.05, 0) is 11.5 Å². The third-order valence-corrected chi connectivity index (χ3v) is 3.67. The average Bonchev–Trinajstić information content (AvgIpc) is 2.51. The van der Waals surface area contributed by atoms with Gasteiger partial charge in [0.2, 0.25) is 0 Å². The molecule has 2 aromatic rings. The van der Waals surface area contributed by atoms with Gasteiger partial charge in [-0.15, -0.1) is 0 Å². The van der Waals surface area contributed by atoms with E-state index in [1.165, 1.54) is 12.1 Å². The number of rotatable bonds is 4. The van der Waals surface area contributed by atoms with Crippen molar-refractivity contribution in [2.24, 2.45) is 0 Å². The van der Waals surface area contributed by atoms with Crippen LogP contribution in [0.3, 0.4) is 0 Å². The molecular weight excluding hydrogens is 304 g/mol. The van der Waals surface area contributed by atoms with E-state index in [1.807, 2.05) is 0 Å². The second-order valence-electron chi connectivity index (χ2n) is 5.06. The van der Waals surface area contributed by atoms with E-state index in [4.69, 9.17) is 5.11 Å². The molecule has 116 valence electrons. The molecule has 1 aliphatic rings. The summed E-state index contributed by atoms with van der Waals surface area (Å²) in [5.74, 6) is -2.46. The standard InChI is InChI=1S/C15H10N2O6/c18-12(19)4-5-16-14(20)10-3-1-2-8-6-9(17(22)23)7-11(13(8)10)15(16)21/h1-3,6-7H,4-5H2,(H,18,19). The van der Waals surface area contributed by atoms with Gasteiger partial charge in [-0.1, -0.05) is 12.1 Å². The first-order chi connectivity index (χ1) is 10.9. The Morgan fingerprint density at radius 3 is 2.52 bits per heavy atom. The molecule has 0 aromatic heterocycles. The molecule has 2 aromatic carbocycles. The van der Waals surface area contributed by atoms with Crippen LogP contribution in [0.2, 0.25) is 0 Å². The fraction of sp³-hybridized carbons (Fsp3) is 0.133. The van der Waals surface area contributed by atoms with E-state index in [0.29, 0.717) is 10.8 Å². The zero-order valence-electron chi connectivity index (χ0n) is 11.7. The number of nitro benzene ring substituents is 1. The summed E-state index contributed by atoms with van der Waals surface area (Å²) in [6, 6.07) is 7.08. The Morgan fingerprint density at radius 1 is 1.17 bits per heavy atom. The molecular formula is C15H10N2O6. The molecule has 0 atom stereocenters. The lowest BCUT2D eigenvalue weighted by Gasteiger charge is -2.26. The summed E-state index contributed by atoms with van der Waals surface area (Å²) >= 11 is 0. The van der Waals surface area contributed by atoms with Gasteiger partial charge in [0.1, 0.15) is 0 Å². The Kier molecular flexibility index (Phi) is 3.29. The van der Waals surface area contributed by atoms with Crippen molar-refractivity contribution < 1.29 is 24.4 Å². The van der Waals surface area contributed by atoms with E-state index in [9.17, 15) is 24.5 Å². The van der Waals surface area contributed by atoms with Crippen LogP contribution in [0.15, 0.2) is 30.3 Å². The summed E-state index contributed by atoms with van der Waals surface area (Å²) < 4.78 is 0. The van der Waals surface area contributed by atoms with Crippen LogP contribution in [0.25, 0.3) is 10.8 Å². The second-order valence-corrected chi connectivity index (χ2v) is 5.06. The molecule has 0 unspecified atom stereocenters. The van der Waals surface area contributed by atoms with Crippen molar-refractivity contribution in [2.75, 3.05) is 6.54 Å². The summed E-state index contributed by atoms with van der Waals surface area (Å²) in [5, 5.41) is 20.5. The Morgan fingerprint density at radius 2 is 1.87 bits per heavy atom. The van der Waals surface area contributed by atoms with E-state index >= 15 is 0 Å². The van der Waals surface area contributed by atoms with E-state index in [1.54, 1.807) is 12.1 Å². The van der Waals surface area contributed by atoms with E-state index in [-0.39, 0.29) is 23.4 Å². The summed E-state index contributed by atoms with van der Waals surface area (Å²) in [6.07, 6.45) is -0.391. The second kappa shape index (κ2) is 5.16. The van der Waals surface area contributed by atoms with Gasteiger partial charge in [-0.25, -0.2) is 0 Å². The quantitative estimate of drug-likeness (QED) is 0.522. The number of carbonyl (C=O) groups is 3. The van der Waals surface area contributed by atoms with Crippen molar-refractivity contribution in [3.05, 3.63) is 51.6 Å². The number of carbonyl (C=O) groups excluding carboxylic acids is 2. The number of imide groups is 1. The molecule has 1 N–H and O–H groups in total. The number of nitro groups is 1. The molecule has 0 spiro atoms. The van der Waals surface area contributed by atoms with E-state index < -0.39 is 29.1 Å². The lowest BCUT2D eigenvalue weighted by Crippen LogP contribution is -2.41. The molecule has 2 amide bonds. The van der Waals surface area contributed by atoms with Gasteiger partial charge >= 0.3 is 5.97 Å². The van der Waals surface area contributed by atoms with Gasteiger partial charge in [-0.2, -0.15) is 0 Å². The highest BCUT2D eigenvalue weighted by atomic mass is 16.6. The van der Waals surface area contributed by atoms with E-state index in [2.05, 4.69) is 0 Å². The van der Waals surface area contributed by atoms with Gasteiger partial charge < -0.3 is 5.11 Å². The molecule has 23 heavy (non-hydrogen) atoms. The van der Waals surface area contributed by atoms with Crippen LogP contribution < -0.4 is 0 Å². The van der Waals surface area contributed by atoms with Crippen molar-refractivity contribution in [2.45, 2.75) is 6.42 Å². The van der Waals surface area contributed by atoms with Gasteiger partial charge in [0, 0.05) is 29.6 Å². The summed E-state index contributed by atoms with van der Waals surface area (Å²) in [4.78, 5) is 46.8. The number of carboxylic acids is 1. The normalized spacial score (nSPS) is 13.5. The van der Waals surface area contributed by atoms with Crippen molar-refractivity contribution in [1.29, 1.82) is 0 Å². The number of benzene rings is 2. The molecule has 1 aliphatic heterocycles. The van der Waals surface area contributed by atoms with Gasteiger partial charge in [0.05, 0.1) is 16.9 Å². The van der Waals surface area contributed by atoms with Crippen LogP contribution in [0, 0.1) is 10.1 Å². The van der Waals surface area contributed by atoms with Crippen molar-refractivity contribution in [3.8, 4) is 0 Å². The Hall–Kier alpha value is -3.29. The topological polar surface area (TPSA) is 118 Å². The fourth-order valence-corrected chi connectivity index (χ4v) is 2.66. The Balaban J connectivity index is 2.21.